The Balaban J connectivity index is 0.00000144. The summed E-state index contributed by atoms with van der Waals surface area (Å²) in [6.45, 7) is 3.03. The monoisotopic (exact) mass is 276 g/mol. The highest BCUT2D eigenvalue weighted by Gasteiger charge is 2.22. The lowest BCUT2D eigenvalue weighted by atomic mass is 10.2. The van der Waals surface area contributed by atoms with Gasteiger partial charge in [0.05, 0.1) is 6.04 Å². The maximum Gasteiger partial charge on any atom is 0.243 e. The van der Waals surface area contributed by atoms with Crippen LogP contribution in [0.2, 0.25) is 0 Å². The molecule has 1 aromatic heterocycles. The number of halogens is 1. The summed E-state index contributed by atoms with van der Waals surface area (Å²) in [5.41, 5.74) is 0. The molecule has 1 unspecified atom stereocenters. The third kappa shape index (κ3) is 3.90. The number of nitrogens with zero attached hydrogens (tertiary/aromatic N) is 2. The third-order valence-corrected chi connectivity index (χ3v) is 3.44. The summed E-state index contributed by atoms with van der Waals surface area (Å²) in [4.78, 5) is 11.7. The maximum absolute atomic E-state index is 11.7. The van der Waals surface area contributed by atoms with Crippen LogP contribution in [0.1, 0.15) is 31.2 Å². The summed E-state index contributed by atoms with van der Waals surface area (Å²) < 4.78 is 0. The minimum absolute atomic E-state index is 0. The second kappa shape index (κ2) is 6.88. The van der Waals surface area contributed by atoms with Crippen molar-refractivity contribution >= 4 is 34.8 Å². The van der Waals surface area contributed by atoms with Crippen LogP contribution in [-0.4, -0.2) is 28.7 Å². The fraction of sp³-hybridized carbons (Fsp3) is 0.700. The highest BCUT2D eigenvalue weighted by atomic mass is 35.5. The summed E-state index contributed by atoms with van der Waals surface area (Å²) in [6, 6.07) is -0.0569. The molecule has 17 heavy (non-hydrogen) atoms. The number of rotatable bonds is 4. The van der Waals surface area contributed by atoms with E-state index in [0.29, 0.717) is 5.13 Å². The number of anilines is 1. The molecule has 1 amide bonds. The number of carbonyl (C=O) groups is 1. The molecular weight excluding hydrogens is 260 g/mol. The van der Waals surface area contributed by atoms with Crippen molar-refractivity contribution in [3.8, 4) is 0 Å². The van der Waals surface area contributed by atoms with Crippen molar-refractivity contribution in [2.45, 2.75) is 38.6 Å². The van der Waals surface area contributed by atoms with Crippen molar-refractivity contribution in [1.29, 1.82) is 0 Å². The molecule has 96 valence electrons. The quantitative estimate of drug-likeness (QED) is 0.877. The Morgan fingerprint density at radius 2 is 2.41 bits per heavy atom. The van der Waals surface area contributed by atoms with Gasteiger partial charge in [-0.05, 0) is 25.8 Å². The minimum atomic E-state index is -0.0569. The average Bonchev–Trinajstić information content (AvgIpc) is 2.89. The summed E-state index contributed by atoms with van der Waals surface area (Å²) in [7, 11) is 0. The van der Waals surface area contributed by atoms with Crippen LogP contribution in [0.4, 0.5) is 5.13 Å². The van der Waals surface area contributed by atoms with Crippen molar-refractivity contribution in [3.63, 3.8) is 0 Å². The lowest BCUT2D eigenvalue weighted by Gasteiger charge is -2.07. The molecule has 0 spiro atoms. The number of amides is 1. The van der Waals surface area contributed by atoms with Crippen LogP contribution in [0, 0.1) is 0 Å². The molecule has 1 saturated heterocycles. The molecule has 0 aliphatic carbocycles. The molecule has 1 atom stereocenters. The molecule has 2 heterocycles. The van der Waals surface area contributed by atoms with Crippen LogP contribution in [0.15, 0.2) is 0 Å². The van der Waals surface area contributed by atoms with Crippen LogP contribution in [0.25, 0.3) is 0 Å². The number of hydrogen-bond donors (Lipinski definition) is 2. The normalized spacial score (nSPS) is 18.8. The van der Waals surface area contributed by atoms with E-state index in [2.05, 4.69) is 27.8 Å². The highest BCUT2D eigenvalue weighted by molar-refractivity contribution is 7.15. The van der Waals surface area contributed by atoms with E-state index in [1.165, 1.54) is 11.3 Å². The van der Waals surface area contributed by atoms with Crippen LogP contribution in [0.3, 0.4) is 0 Å². The van der Waals surface area contributed by atoms with E-state index in [4.69, 9.17) is 0 Å². The van der Waals surface area contributed by atoms with Crippen LogP contribution in [0.5, 0.6) is 0 Å². The molecule has 0 radical (unpaired) electrons. The van der Waals surface area contributed by atoms with Crippen LogP contribution >= 0.6 is 23.7 Å². The molecule has 1 aliphatic heterocycles. The lowest BCUT2D eigenvalue weighted by molar-refractivity contribution is -0.117. The van der Waals surface area contributed by atoms with Crippen LogP contribution < -0.4 is 10.6 Å². The number of aromatic nitrogens is 2. The van der Waals surface area contributed by atoms with Gasteiger partial charge in [-0.1, -0.05) is 18.3 Å². The average molecular weight is 277 g/mol. The second-order valence-corrected chi connectivity index (χ2v) is 4.95. The van der Waals surface area contributed by atoms with E-state index in [9.17, 15) is 4.79 Å². The SMILES string of the molecule is CCCc1nnc(NC(=O)C2CCCN2)s1.Cl. The zero-order chi connectivity index (χ0) is 11.4. The van der Waals surface area contributed by atoms with Crippen LogP contribution in [-0.2, 0) is 11.2 Å². The predicted molar refractivity (Wildman–Crippen MR) is 70.8 cm³/mol. The zero-order valence-corrected chi connectivity index (χ0v) is 11.4. The molecule has 1 aliphatic rings. The Hall–Kier alpha value is -0.720. The summed E-state index contributed by atoms with van der Waals surface area (Å²) in [5, 5.41) is 15.5. The van der Waals surface area contributed by atoms with E-state index in [0.717, 1.165) is 37.2 Å². The fourth-order valence-corrected chi connectivity index (χ4v) is 2.56. The Morgan fingerprint density at radius 3 is 3.06 bits per heavy atom. The predicted octanol–water partition coefficient (Wildman–Crippen LogP) is 1.60. The molecule has 2 N–H and O–H groups in total. The van der Waals surface area contributed by atoms with Gasteiger partial charge in [0.1, 0.15) is 5.01 Å². The van der Waals surface area contributed by atoms with Crippen molar-refractivity contribution in [2.75, 3.05) is 11.9 Å². The maximum atomic E-state index is 11.7. The van der Waals surface area contributed by atoms with Crippen molar-refractivity contribution in [1.82, 2.24) is 15.5 Å². The van der Waals surface area contributed by atoms with E-state index in [1.54, 1.807) is 0 Å². The number of hydrogen-bond acceptors (Lipinski definition) is 5. The Bertz CT molecular complexity index is 365. The van der Waals surface area contributed by atoms with E-state index < -0.39 is 0 Å². The molecule has 2 rings (SSSR count). The Kier molecular flexibility index (Phi) is 5.80. The smallest absolute Gasteiger partial charge is 0.243 e. The molecule has 7 heteroatoms. The molecule has 1 aromatic rings. The summed E-state index contributed by atoms with van der Waals surface area (Å²) >= 11 is 1.46. The molecule has 1 fully saturated rings. The van der Waals surface area contributed by atoms with Gasteiger partial charge >= 0.3 is 0 Å². The number of carbonyl (C=O) groups excluding carboxylic acids is 1. The molecule has 0 saturated carbocycles. The van der Waals surface area contributed by atoms with Crippen molar-refractivity contribution in [2.24, 2.45) is 0 Å². The van der Waals surface area contributed by atoms with E-state index >= 15 is 0 Å². The number of nitrogens with one attached hydrogen (secondary N) is 2. The van der Waals surface area contributed by atoms with Gasteiger partial charge in [0.2, 0.25) is 11.0 Å². The zero-order valence-electron chi connectivity index (χ0n) is 9.73. The standard InChI is InChI=1S/C10H16N4OS.ClH/c1-2-4-8-13-14-10(16-8)12-9(15)7-5-3-6-11-7;/h7,11H,2-6H2,1H3,(H,12,14,15);1H. The first kappa shape index (κ1) is 14.3. The third-order valence-electron chi connectivity index (χ3n) is 2.54. The summed E-state index contributed by atoms with van der Waals surface area (Å²) in [6.07, 6.45) is 3.95. The van der Waals surface area contributed by atoms with Gasteiger partial charge in [-0.2, -0.15) is 0 Å². The molecule has 5 nitrogen and oxygen atoms in total. The summed E-state index contributed by atoms with van der Waals surface area (Å²) in [5.74, 6) is 0.0108. The van der Waals surface area contributed by atoms with Gasteiger partial charge in [0.25, 0.3) is 0 Å². The highest BCUT2D eigenvalue weighted by Crippen LogP contribution is 2.17. The lowest BCUT2D eigenvalue weighted by Crippen LogP contribution is -2.35. The molecule has 0 aromatic carbocycles. The van der Waals surface area contributed by atoms with Gasteiger partial charge in [0.15, 0.2) is 0 Å². The van der Waals surface area contributed by atoms with Gasteiger partial charge < -0.3 is 5.32 Å². The van der Waals surface area contributed by atoms with Crippen molar-refractivity contribution in [3.05, 3.63) is 5.01 Å². The van der Waals surface area contributed by atoms with E-state index in [1.807, 2.05) is 0 Å². The Labute approximate surface area is 111 Å². The number of aryl methyl sites for hydroxylation is 1. The molecule has 0 bridgehead atoms. The Morgan fingerprint density at radius 1 is 1.59 bits per heavy atom. The first-order chi connectivity index (χ1) is 7.79. The molecular formula is C10H17ClN4OS. The van der Waals surface area contributed by atoms with E-state index in [-0.39, 0.29) is 24.4 Å². The minimum Gasteiger partial charge on any atom is -0.306 e. The van der Waals surface area contributed by atoms with Gasteiger partial charge in [-0.3, -0.25) is 10.1 Å². The largest absolute Gasteiger partial charge is 0.306 e. The first-order valence-electron chi connectivity index (χ1n) is 5.66. The first-order valence-corrected chi connectivity index (χ1v) is 6.48. The van der Waals surface area contributed by atoms with Crippen molar-refractivity contribution < 1.29 is 4.79 Å². The fourth-order valence-electron chi connectivity index (χ4n) is 1.72. The van der Waals surface area contributed by atoms with Gasteiger partial charge in [-0.25, -0.2) is 0 Å². The topological polar surface area (TPSA) is 66.9 Å². The van der Waals surface area contributed by atoms with Gasteiger partial charge in [-0.15, -0.1) is 22.6 Å². The second-order valence-electron chi connectivity index (χ2n) is 3.89. The van der Waals surface area contributed by atoms with Gasteiger partial charge in [0, 0.05) is 6.42 Å².